The lowest BCUT2D eigenvalue weighted by molar-refractivity contribution is 0.0121. The van der Waals surface area contributed by atoms with Gasteiger partial charge in [-0.1, -0.05) is 13.8 Å². The minimum absolute atomic E-state index is 0.0359. The van der Waals surface area contributed by atoms with Crippen LogP contribution in [0.3, 0.4) is 0 Å². The lowest BCUT2D eigenvalue weighted by Gasteiger charge is -2.37. The summed E-state index contributed by atoms with van der Waals surface area (Å²) in [5, 5.41) is 2.78. The third-order valence-corrected chi connectivity index (χ3v) is 2.53. The molecule has 1 rings (SSSR count). The average molecular weight is 171 g/mol. The van der Waals surface area contributed by atoms with Gasteiger partial charge in [0.15, 0.2) is 0 Å². The fourth-order valence-corrected chi connectivity index (χ4v) is 2.09. The van der Waals surface area contributed by atoms with Gasteiger partial charge in [-0.15, -0.1) is 0 Å². The Bertz CT molecular complexity index is 165. The molecule has 1 aliphatic rings. The molecule has 0 aromatic carbocycles. The molecule has 1 saturated heterocycles. The number of carbonyl (C=O) groups excluding carboxylic acids is 1. The van der Waals surface area contributed by atoms with E-state index in [-0.39, 0.29) is 18.2 Å². The summed E-state index contributed by atoms with van der Waals surface area (Å²) in [6.07, 6.45) is -0.249. The third kappa shape index (κ3) is 1.71. The van der Waals surface area contributed by atoms with Crippen molar-refractivity contribution in [1.82, 2.24) is 5.32 Å². The number of carbonyl (C=O) groups is 1. The van der Waals surface area contributed by atoms with Crippen LogP contribution in [0.25, 0.3) is 0 Å². The second-order valence-corrected chi connectivity index (χ2v) is 3.86. The highest BCUT2D eigenvalue weighted by molar-refractivity contribution is 5.68. The Labute approximate surface area is 73.5 Å². The van der Waals surface area contributed by atoms with E-state index in [1.54, 1.807) is 0 Å². The molecular formula is C9H17NO2. The number of ether oxygens (including phenoxy) is 1. The molecule has 0 spiro atoms. The number of cyclic esters (lactones) is 1. The van der Waals surface area contributed by atoms with Crippen LogP contribution in [0.1, 0.15) is 27.7 Å². The Morgan fingerprint density at radius 2 is 2.00 bits per heavy atom. The first-order valence-electron chi connectivity index (χ1n) is 4.49. The minimum atomic E-state index is -0.285. The lowest BCUT2D eigenvalue weighted by Crippen LogP contribution is -2.52. The van der Waals surface area contributed by atoms with Crippen molar-refractivity contribution in [1.29, 1.82) is 0 Å². The number of hydrogen-bond acceptors (Lipinski definition) is 2. The summed E-state index contributed by atoms with van der Waals surface area (Å²) in [5.41, 5.74) is 0. The zero-order chi connectivity index (χ0) is 9.30. The summed E-state index contributed by atoms with van der Waals surface area (Å²) >= 11 is 0. The van der Waals surface area contributed by atoms with Crippen LogP contribution in [0.2, 0.25) is 0 Å². The molecule has 3 heteroatoms. The van der Waals surface area contributed by atoms with Gasteiger partial charge in [-0.2, -0.15) is 0 Å². The van der Waals surface area contributed by atoms with Crippen molar-refractivity contribution in [3.63, 3.8) is 0 Å². The summed E-state index contributed by atoms with van der Waals surface area (Å²) in [7, 11) is 0. The number of rotatable bonds is 1. The van der Waals surface area contributed by atoms with E-state index in [1.807, 2.05) is 13.8 Å². The van der Waals surface area contributed by atoms with Crippen LogP contribution in [-0.4, -0.2) is 18.2 Å². The number of hydrogen-bond donors (Lipinski definition) is 1. The Morgan fingerprint density at radius 1 is 1.42 bits per heavy atom. The highest BCUT2D eigenvalue weighted by Gasteiger charge is 2.34. The van der Waals surface area contributed by atoms with Crippen molar-refractivity contribution in [3.05, 3.63) is 0 Å². The smallest absolute Gasteiger partial charge is 0.407 e. The summed E-state index contributed by atoms with van der Waals surface area (Å²) in [5.74, 6) is 0.957. The largest absolute Gasteiger partial charge is 0.446 e. The van der Waals surface area contributed by atoms with Gasteiger partial charge in [-0.05, 0) is 19.8 Å². The van der Waals surface area contributed by atoms with E-state index in [9.17, 15) is 4.79 Å². The van der Waals surface area contributed by atoms with Crippen molar-refractivity contribution in [3.8, 4) is 0 Å². The summed E-state index contributed by atoms with van der Waals surface area (Å²) in [6, 6.07) is 0.223. The molecule has 1 heterocycles. The first kappa shape index (κ1) is 9.36. The fourth-order valence-electron chi connectivity index (χ4n) is 2.09. The van der Waals surface area contributed by atoms with Crippen molar-refractivity contribution in [2.75, 3.05) is 0 Å². The zero-order valence-corrected chi connectivity index (χ0v) is 8.13. The maximum atomic E-state index is 10.9. The van der Waals surface area contributed by atoms with Crippen LogP contribution in [0.4, 0.5) is 4.79 Å². The van der Waals surface area contributed by atoms with Crippen LogP contribution in [0.15, 0.2) is 0 Å². The molecule has 0 saturated carbocycles. The van der Waals surface area contributed by atoms with Gasteiger partial charge in [-0.3, -0.25) is 0 Å². The van der Waals surface area contributed by atoms with Crippen molar-refractivity contribution >= 4 is 6.09 Å². The molecular weight excluding hydrogens is 154 g/mol. The summed E-state index contributed by atoms with van der Waals surface area (Å²) in [4.78, 5) is 10.9. The molecule has 70 valence electrons. The van der Waals surface area contributed by atoms with Crippen LogP contribution >= 0.6 is 0 Å². The predicted molar refractivity (Wildman–Crippen MR) is 46.9 cm³/mol. The van der Waals surface area contributed by atoms with Gasteiger partial charge in [0, 0.05) is 12.0 Å². The summed E-state index contributed by atoms with van der Waals surface area (Å²) < 4.78 is 5.08. The molecule has 0 radical (unpaired) electrons. The van der Waals surface area contributed by atoms with Gasteiger partial charge in [0.25, 0.3) is 0 Å². The highest BCUT2D eigenvalue weighted by atomic mass is 16.6. The molecule has 1 amide bonds. The van der Waals surface area contributed by atoms with E-state index in [2.05, 4.69) is 19.2 Å². The molecule has 0 aromatic rings. The number of nitrogens with one attached hydrogen (secondary N) is 1. The fraction of sp³-hybridized carbons (Fsp3) is 0.889. The van der Waals surface area contributed by atoms with E-state index < -0.39 is 0 Å². The van der Waals surface area contributed by atoms with Gasteiger partial charge in [0.1, 0.15) is 6.10 Å². The molecule has 12 heavy (non-hydrogen) atoms. The van der Waals surface area contributed by atoms with Gasteiger partial charge in [0.2, 0.25) is 0 Å². The van der Waals surface area contributed by atoms with Crippen LogP contribution in [0, 0.1) is 11.8 Å². The zero-order valence-electron chi connectivity index (χ0n) is 8.13. The highest BCUT2D eigenvalue weighted by Crippen LogP contribution is 2.24. The third-order valence-electron chi connectivity index (χ3n) is 2.53. The van der Waals surface area contributed by atoms with E-state index >= 15 is 0 Å². The Kier molecular flexibility index (Phi) is 2.60. The first-order chi connectivity index (χ1) is 5.52. The standard InChI is InChI=1S/C9H17NO2/c1-5(2)8-6(3)10-9(11)12-7(8)4/h5-8H,1-4H3,(H,10,11). The Balaban J connectivity index is 2.66. The van der Waals surface area contributed by atoms with Crippen LogP contribution in [-0.2, 0) is 4.74 Å². The minimum Gasteiger partial charge on any atom is -0.446 e. The molecule has 1 N–H and O–H groups in total. The van der Waals surface area contributed by atoms with Crippen molar-refractivity contribution < 1.29 is 9.53 Å². The van der Waals surface area contributed by atoms with Gasteiger partial charge < -0.3 is 10.1 Å². The molecule has 0 aromatic heterocycles. The second kappa shape index (κ2) is 3.33. The molecule has 0 bridgehead atoms. The monoisotopic (exact) mass is 171 g/mol. The topological polar surface area (TPSA) is 38.3 Å². The Hall–Kier alpha value is -0.730. The lowest BCUT2D eigenvalue weighted by atomic mass is 9.84. The molecule has 0 aliphatic carbocycles. The normalized spacial score (nSPS) is 36.1. The molecule has 1 fully saturated rings. The van der Waals surface area contributed by atoms with Gasteiger partial charge in [0.05, 0.1) is 0 Å². The Morgan fingerprint density at radius 3 is 2.42 bits per heavy atom. The number of alkyl carbamates (subject to hydrolysis) is 1. The van der Waals surface area contributed by atoms with Crippen molar-refractivity contribution in [2.24, 2.45) is 11.8 Å². The van der Waals surface area contributed by atoms with E-state index in [0.29, 0.717) is 11.8 Å². The molecule has 1 aliphatic heterocycles. The predicted octanol–water partition coefficient (Wildman–Crippen LogP) is 1.78. The maximum Gasteiger partial charge on any atom is 0.407 e. The van der Waals surface area contributed by atoms with E-state index in [0.717, 1.165) is 0 Å². The molecule has 3 atom stereocenters. The summed E-state index contributed by atoms with van der Waals surface area (Å²) in [6.45, 7) is 8.29. The maximum absolute atomic E-state index is 10.9. The first-order valence-corrected chi connectivity index (χ1v) is 4.49. The van der Waals surface area contributed by atoms with Gasteiger partial charge in [-0.25, -0.2) is 4.79 Å². The average Bonchev–Trinajstić information content (AvgIpc) is 1.82. The van der Waals surface area contributed by atoms with Crippen LogP contribution < -0.4 is 5.32 Å². The molecule has 3 unspecified atom stereocenters. The molecule has 3 nitrogen and oxygen atoms in total. The van der Waals surface area contributed by atoms with E-state index in [1.165, 1.54) is 0 Å². The van der Waals surface area contributed by atoms with Crippen LogP contribution in [0.5, 0.6) is 0 Å². The number of amides is 1. The van der Waals surface area contributed by atoms with Gasteiger partial charge >= 0.3 is 6.09 Å². The SMILES string of the molecule is CC(C)C1C(C)NC(=O)OC1C. The quantitative estimate of drug-likeness (QED) is 0.653. The van der Waals surface area contributed by atoms with E-state index in [4.69, 9.17) is 4.74 Å². The van der Waals surface area contributed by atoms with Crippen molar-refractivity contribution in [2.45, 2.75) is 39.8 Å². The second-order valence-electron chi connectivity index (χ2n) is 3.86.